The van der Waals surface area contributed by atoms with Crippen LogP contribution in [-0.2, 0) is 19.1 Å². The molecule has 1 aromatic rings. The third kappa shape index (κ3) is 1.95. The van der Waals surface area contributed by atoms with Gasteiger partial charge in [-0.2, -0.15) is 0 Å². The molecule has 1 aromatic heterocycles. The van der Waals surface area contributed by atoms with Gasteiger partial charge in [-0.15, -0.1) is 0 Å². The van der Waals surface area contributed by atoms with Crippen molar-refractivity contribution in [3.63, 3.8) is 0 Å². The van der Waals surface area contributed by atoms with Crippen LogP contribution in [0.3, 0.4) is 0 Å². The molecule has 1 saturated carbocycles. The molecule has 8 unspecified atom stereocenters. The molecule has 5 nitrogen and oxygen atoms in total. The molecule has 164 valence electrons. The number of fused-ring (bicyclic) bond motifs is 3. The van der Waals surface area contributed by atoms with E-state index in [1.807, 2.05) is 6.07 Å². The number of carbonyl (C=O) groups excluding carboxylic acids is 2. The van der Waals surface area contributed by atoms with Gasteiger partial charge in [0.2, 0.25) is 0 Å². The summed E-state index contributed by atoms with van der Waals surface area (Å²) in [6.45, 7) is 10.9. The number of hydrogen-bond donors (Lipinski definition) is 0. The number of ether oxygens (including phenoxy) is 2. The molecule has 0 N–H and O–H groups in total. The van der Waals surface area contributed by atoms with E-state index < -0.39 is 23.2 Å². The summed E-state index contributed by atoms with van der Waals surface area (Å²) < 4.78 is 17.7. The molecular formula is C26H30O5. The second kappa shape index (κ2) is 5.43. The molecule has 1 spiro atoms. The Balaban J connectivity index is 1.52. The van der Waals surface area contributed by atoms with Crippen LogP contribution in [0.25, 0.3) is 0 Å². The Morgan fingerprint density at radius 3 is 2.52 bits per heavy atom. The highest BCUT2D eigenvalue weighted by Crippen LogP contribution is 2.78. The van der Waals surface area contributed by atoms with Crippen LogP contribution in [0.5, 0.6) is 0 Å². The van der Waals surface area contributed by atoms with Crippen molar-refractivity contribution in [3.8, 4) is 0 Å². The van der Waals surface area contributed by atoms with Gasteiger partial charge in [0.1, 0.15) is 11.7 Å². The van der Waals surface area contributed by atoms with Crippen LogP contribution in [0, 0.1) is 33.5 Å². The highest BCUT2D eigenvalue weighted by atomic mass is 16.7. The van der Waals surface area contributed by atoms with Crippen LogP contribution in [0.2, 0.25) is 0 Å². The van der Waals surface area contributed by atoms with Gasteiger partial charge in [-0.1, -0.05) is 52.8 Å². The van der Waals surface area contributed by atoms with Crippen molar-refractivity contribution in [2.75, 3.05) is 0 Å². The first-order chi connectivity index (χ1) is 14.5. The number of cyclic esters (lactones) is 1. The van der Waals surface area contributed by atoms with Gasteiger partial charge in [0.25, 0.3) is 0 Å². The molecular weight excluding hydrogens is 392 g/mol. The Bertz CT molecular complexity index is 1050. The van der Waals surface area contributed by atoms with Crippen LogP contribution in [0.4, 0.5) is 0 Å². The summed E-state index contributed by atoms with van der Waals surface area (Å²) in [7, 11) is 0. The molecule has 8 atom stereocenters. The van der Waals surface area contributed by atoms with Crippen molar-refractivity contribution in [2.45, 2.75) is 65.3 Å². The number of carbonyl (C=O) groups is 2. The molecule has 3 aliphatic carbocycles. The standard InChI is InChI=1S/C26H30O5/c1-22(2)16-6-11-24(4)17(23(16,3)10-8-18(22)27)7-12-25(5)19(15-9-13-29-14-15)30-21(28)20-26(24,25)31-20/h6,8-11,13-14,16-17,19-20H,7,12H2,1-5H3. The SMILES string of the molecule is CC1(C)C(=O)C=CC2(C)C1C=CC1(C)C2CCC2(C)C(c3ccoc3)OC(=O)C3OC312. The molecule has 2 saturated heterocycles. The molecule has 0 amide bonds. The van der Waals surface area contributed by atoms with Gasteiger partial charge < -0.3 is 13.9 Å². The lowest BCUT2D eigenvalue weighted by Crippen LogP contribution is -2.66. The number of ketones is 1. The minimum absolute atomic E-state index is 0.119. The van der Waals surface area contributed by atoms with Crippen LogP contribution in [0.15, 0.2) is 47.3 Å². The van der Waals surface area contributed by atoms with Crippen LogP contribution in [-0.4, -0.2) is 23.5 Å². The van der Waals surface area contributed by atoms with Gasteiger partial charge in [0.05, 0.1) is 12.5 Å². The van der Waals surface area contributed by atoms with Crippen molar-refractivity contribution in [3.05, 3.63) is 48.5 Å². The van der Waals surface area contributed by atoms with Crippen LogP contribution in [0.1, 0.15) is 59.1 Å². The second-order valence-electron chi connectivity index (χ2n) is 11.5. The zero-order chi connectivity index (χ0) is 22.0. The Morgan fingerprint density at radius 2 is 1.81 bits per heavy atom. The zero-order valence-electron chi connectivity index (χ0n) is 18.8. The van der Waals surface area contributed by atoms with E-state index in [1.54, 1.807) is 18.6 Å². The maximum Gasteiger partial charge on any atom is 0.339 e. The molecule has 5 heteroatoms. The van der Waals surface area contributed by atoms with E-state index in [-0.39, 0.29) is 39.8 Å². The average molecular weight is 423 g/mol. The van der Waals surface area contributed by atoms with E-state index >= 15 is 0 Å². The van der Waals surface area contributed by atoms with Crippen LogP contribution >= 0.6 is 0 Å². The molecule has 6 rings (SSSR count). The van der Waals surface area contributed by atoms with Crippen molar-refractivity contribution >= 4 is 11.8 Å². The average Bonchev–Trinajstić information content (AvgIpc) is 3.28. The summed E-state index contributed by atoms with van der Waals surface area (Å²) in [6, 6.07) is 1.89. The van der Waals surface area contributed by atoms with Gasteiger partial charge in [0.15, 0.2) is 11.9 Å². The normalized spacial score (nSPS) is 51.3. The second-order valence-corrected chi connectivity index (χ2v) is 11.5. The molecule has 0 bridgehead atoms. The smallest absolute Gasteiger partial charge is 0.339 e. The van der Waals surface area contributed by atoms with Crippen molar-refractivity contribution in [2.24, 2.45) is 33.5 Å². The predicted octanol–water partition coefficient (Wildman–Crippen LogP) is 4.80. The Hall–Kier alpha value is -2.14. The first kappa shape index (κ1) is 19.5. The minimum atomic E-state index is -0.621. The number of esters is 1. The molecule has 3 fully saturated rings. The van der Waals surface area contributed by atoms with Gasteiger partial charge >= 0.3 is 5.97 Å². The first-order valence-corrected chi connectivity index (χ1v) is 11.4. The highest BCUT2D eigenvalue weighted by molar-refractivity contribution is 5.96. The molecule has 3 heterocycles. The van der Waals surface area contributed by atoms with E-state index in [9.17, 15) is 9.59 Å². The van der Waals surface area contributed by atoms with E-state index in [2.05, 4.69) is 52.8 Å². The highest BCUT2D eigenvalue weighted by Gasteiger charge is 2.85. The summed E-state index contributed by atoms with van der Waals surface area (Å²) >= 11 is 0. The number of hydrogen-bond acceptors (Lipinski definition) is 5. The predicted molar refractivity (Wildman–Crippen MR) is 113 cm³/mol. The Morgan fingerprint density at radius 1 is 1.03 bits per heavy atom. The number of epoxide rings is 1. The molecule has 0 aromatic carbocycles. The lowest BCUT2D eigenvalue weighted by atomic mass is 9.38. The fourth-order valence-electron chi connectivity index (χ4n) is 8.29. The van der Waals surface area contributed by atoms with Gasteiger partial charge in [-0.3, -0.25) is 4.79 Å². The maximum absolute atomic E-state index is 13.0. The number of furan rings is 1. The van der Waals surface area contributed by atoms with Crippen molar-refractivity contribution < 1.29 is 23.5 Å². The van der Waals surface area contributed by atoms with E-state index in [0.29, 0.717) is 0 Å². The summed E-state index contributed by atoms with van der Waals surface area (Å²) in [6.07, 6.45) is 12.7. The lowest BCUT2D eigenvalue weighted by molar-refractivity contribution is -0.191. The van der Waals surface area contributed by atoms with Gasteiger partial charge in [-0.05, 0) is 42.2 Å². The fourth-order valence-corrected chi connectivity index (χ4v) is 8.29. The molecule has 5 aliphatic rings. The number of allylic oxidation sites excluding steroid dienone is 3. The van der Waals surface area contributed by atoms with Gasteiger partial charge in [-0.25, -0.2) is 4.79 Å². The van der Waals surface area contributed by atoms with Crippen molar-refractivity contribution in [1.82, 2.24) is 0 Å². The summed E-state index contributed by atoms with van der Waals surface area (Å²) in [5.74, 6) is 0.283. The lowest BCUT2D eigenvalue weighted by Gasteiger charge is -2.64. The third-order valence-corrected chi connectivity index (χ3v) is 9.88. The topological polar surface area (TPSA) is 69.0 Å². The third-order valence-electron chi connectivity index (χ3n) is 9.88. The Labute approximate surface area is 182 Å². The van der Waals surface area contributed by atoms with Crippen molar-refractivity contribution in [1.29, 1.82) is 0 Å². The maximum atomic E-state index is 13.0. The monoisotopic (exact) mass is 422 g/mol. The molecule has 2 aliphatic heterocycles. The van der Waals surface area contributed by atoms with Gasteiger partial charge in [0, 0.05) is 21.8 Å². The van der Waals surface area contributed by atoms with E-state index in [0.717, 1.165) is 18.4 Å². The summed E-state index contributed by atoms with van der Waals surface area (Å²) in [5, 5.41) is 0. The minimum Gasteiger partial charge on any atom is -0.472 e. The van der Waals surface area contributed by atoms with Crippen LogP contribution < -0.4 is 0 Å². The molecule has 0 radical (unpaired) electrons. The number of rotatable bonds is 1. The zero-order valence-corrected chi connectivity index (χ0v) is 18.8. The largest absolute Gasteiger partial charge is 0.472 e. The fraction of sp³-hybridized carbons (Fsp3) is 0.615. The van der Waals surface area contributed by atoms with E-state index in [4.69, 9.17) is 13.9 Å². The molecule has 31 heavy (non-hydrogen) atoms. The van der Waals surface area contributed by atoms with E-state index in [1.165, 1.54) is 0 Å². The quantitative estimate of drug-likeness (QED) is 0.370. The summed E-state index contributed by atoms with van der Waals surface area (Å²) in [4.78, 5) is 25.7. The first-order valence-electron chi connectivity index (χ1n) is 11.4. The Kier molecular flexibility index (Phi) is 3.42. The summed E-state index contributed by atoms with van der Waals surface area (Å²) in [5.41, 5.74) is -1.08.